The third-order valence-electron chi connectivity index (χ3n) is 1.23. The number of rotatable bonds is 6. The maximum absolute atomic E-state index is 10.8. The van der Waals surface area contributed by atoms with Gasteiger partial charge in [0.05, 0.1) is 6.26 Å². The van der Waals surface area contributed by atoms with Crippen molar-refractivity contribution in [2.24, 2.45) is 0 Å². The second kappa shape index (κ2) is 6.61. The smallest absolute Gasteiger partial charge is 0.328 e. The number of carbonyl (C=O) groups excluding carboxylic acids is 1. The maximum Gasteiger partial charge on any atom is 0.328 e. The lowest BCUT2D eigenvalue weighted by Gasteiger charge is -2.05. The molecule has 0 spiro atoms. The summed E-state index contributed by atoms with van der Waals surface area (Å²) in [7, 11) is -3.46. The van der Waals surface area contributed by atoms with Crippen LogP contribution in [-0.4, -0.2) is 40.5 Å². The minimum absolute atomic E-state index is 0.390. The summed E-state index contributed by atoms with van der Waals surface area (Å²) in [6.45, 7) is 3.45. The quantitative estimate of drug-likeness (QED) is 0.605. The SMILES string of the molecule is CCOCCCNC(=O)NS(C)(=O)=O. The molecular weight excluding hydrogens is 208 g/mol. The summed E-state index contributed by atoms with van der Waals surface area (Å²) in [5.41, 5.74) is 0. The molecule has 0 aliphatic heterocycles. The molecule has 0 rings (SSSR count). The van der Waals surface area contributed by atoms with Gasteiger partial charge < -0.3 is 10.1 Å². The van der Waals surface area contributed by atoms with Crippen LogP contribution in [0.25, 0.3) is 0 Å². The van der Waals surface area contributed by atoms with E-state index in [1.54, 1.807) is 4.72 Å². The highest BCUT2D eigenvalue weighted by molar-refractivity contribution is 7.89. The first-order valence-electron chi connectivity index (χ1n) is 4.29. The molecule has 0 aromatic heterocycles. The molecule has 0 aromatic rings. The first kappa shape index (κ1) is 13.2. The first-order chi connectivity index (χ1) is 6.45. The minimum Gasteiger partial charge on any atom is -0.382 e. The second-order valence-electron chi connectivity index (χ2n) is 2.68. The molecule has 0 aromatic carbocycles. The van der Waals surface area contributed by atoms with E-state index >= 15 is 0 Å². The average Bonchev–Trinajstić information content (AvgIpc) is 2.00. The van der Waals surface area contributed by atoms with Gasteiger partial charge in [0, 0.05) is 19.8 Å². The summed E-state index contributed by atoms with van der Waals surface area (Å²) < 4.78 is 28.0. The highest BCUT2D eigenvalue weighted by Gasteiger charge is 2.05. The second-order valence-corrected chi connectivity index (χ2v) is 4.43. The van der Waals surface area contributed by atoms with Crippen molar-refractivity contribution in [2.45, 2.75) is 13.3 Å². The van der Waals surface area contributed by atoms with Crippen LogP contribution in [-0.2, 0) is 14.8 Å². The number of nitrogens with one attached hydrogen (secondary N) is 2. The van der Waals surface area contributed by atoms with Gasteiger partial charge in [-0.05, 0) is 13.3 Å². The van der Waals surface area contributed by atoms with Crippen LogP contribution in [0.5, 0.6) is 0 Å². The fourth-order valence-electron chi connectivity index (χ4n) is 0.725. The normalized spacial score (nSPS) is 11.0. The van der Waals surface area contributed by atoms with E-state index in [-0.39, 0.29) is 0 Å². The highest BCUT2D eigenvalue weighted by atomic mass is 32.2. The molecule has 7 heteroatoms. The molecule has 2 amide bonds. The Morgan fingerprint density at radius 1 is 1.43 bits per heavy atom. The molecule has 14 heavy (non-hydrogen) atoms. The lowest BCUT2D eigenvalue weighted by atomic mass is 10.4. The molecule has 0 aliphatic carbocycles. The van der Waals surface area contributed by atoms with Gasteiger partial charge in [0.15, 0.2) is 0 Å². The summed E-state index contributed by atoms with van der Waals surface area (Å²) >= 11 is 0. The highest BCUT2D eigenvalue weighted by Crippen LogP contribution is 1.81. The zero-order chi connectivity index (χ0) is 11.0. The Bertz CT molecular complexity index is 263. The van der Waals surface area contributed by atoms with Gasteiger partial charge in [-0.15, -0.1) is 0 Å². The Labute approximate surface area is 84.1 Å². The third kappa shape index (κ3) is 9.27. The number of carbonyl (C=O) groups is 1. The van der Waals surface area contributed by atoms with Crippen molar-refractivity contribution in [1.29, 1.82) is 0 Å². The number of sulfonamides is 1. The van der Waals surface area contributed by atoms with Gasteiger partial charge in [0.2, 0.25) is 10.0 Å². The topological polar surface area (TPSA) is 84.5 Å². The Morgan fingerprint density at radius 3 is 2.57 bits per heavy atom. The Balaban J connectivity index is 3.46. The molecule has 6 nitrogen and oxygen atoms in total. The van der Waals surface area contributed by atoms with Gasteiger partial charge in [-0.3, -0.25) is 0 Å². The molecule has 0 saturated carbocycles. The summed E-state index contributed by atoms with van der Waals surface area (Å²) in [5, 5.41) is 2.39. The lowest BCUT2D eigenvalue weighted by Crippen LogP contribution is -2.39. The molecule has 84 valence electrons. The van der Waals surface area contributed by atoms with Crippen LogP contribution in [0.2, 0.25) is 0 Å². The van der Waals surface area contributed by atoms with Crippen LogP contribution >= 0.6 is 0 Å². The van der Waals surface area contributed by atoms with Crippen molar-refractivity contribution in [2.75, 3.05) is 26.0 Å². The molecule has 0 bridgehead atoms. The minimum atomic E-state index is -3.46. The van der Waals surface area contributed by atoms with Crippen molar-refractivity contribution in [1.82, 2.24) is 10.0 Å². The number of ether oxygens (including phenoxy) is 1. The van der Waals surface area contributed by atoms with E-state index in [0.717, 1.165) is 6.26 Å². The van der Waals surface area contributed by atoms with E-state index in [2.05, 4.69) is 5.32 Å². The van der Waals surface area contributed by atoms with Crippen LogP contribution in [0.15, 0.2) is 0 Å². The van der Waals surface area contributed by atoms with Gasteiger partial charge in [-0.2, -0.15) is 0 Å². The molecule has 0 fully saturated rings. The largest absolute Gasteiger partial charge is 0.382 e. The summed E-state index contributed by atoms with van der Waals surface area (Å²) in [4.78, 5) is 10.8. The number of hydrogen-bond acceptors (Lipinski definition) is 4. The Morgan fingerprint density at radius 2 is 2.07 bits per heavy atom. The van der Waals surface area contributed by atoms with E-state index < -0.39 is 16.1 Å². The summed E-state index contributed by atoms with van der Waals surface area (Å²) in [5.74, 6) is 0. The van der Waals surface area contributed by atoms with E-state index in [0.29, 0.717) is 26.2 Å². The van der Waals surface area contributed by atoms with E-state index in [9.17, 15) is 13.2 Å². The average molecular weight is 224 g/mol. The van der Waals surface area contributed by atoms with Crippen LogP contribution in [0, 0.1) is 0 Å². The zero-order valence-electron chi connectivity index (χ0n) is 8.37. The number of urea groups is 1. The van der Waals surface area contributed by atoms with Gasteiger partial charge in [0.1, 0.15) is 0 Å². The van der Waals surface area contributed by atoms with Crippen molar-refractivity contribution in [3.8, 4) is 0 Å². The lowest BCUT2D eigenvalue weighted by molar-refractivity contribution is 0.145. The molecule has 2 N–H and O–H groups in total. The summed E-state index contributed by atoms with van der Waals surface area (Å²) in [6, 6.07) is -0.705. The first-order valence-corrected chi connectivity index (χ1v) is 6.18. The number of amides is 2. The van der Waals surface area contributed by atoms with Crippen LogP contribution in [0.1, 0.15) is 13.3 Å². The van der Waals surface area contributed by atoms with E-state index in [1.165, 1.54) is 0 Å². The fourth-order valence-corrected chi connectivity index (χ4v) is 1.13. The maximum atomic E-state index is 10.8. The van der Waals surface area contributed by atoms with Crippen molar-refractivity contribution < 1.29 is 17.9 Å². The van der Waals surface area contributed by atoms with Gasteiger partial charge in [-0.1, -0.05) is 0 Å². The summed E-state index contributed by atoms with van der Waals surface area (Å²) in [6.07, 6.45) is 1.58. The number of hydrogen-bond donors (Lipinski definition) is 2. The van der Waals surface area contributed by atoms with Crippen molar-refractivity contribution in [3.63, 3.8) is 0 Å². The van der Waals surface area contributed by atoms with Crippen LogP contribution in [0.3, 0.4) is 0 Å². The van der Waals surface area contributed by atoms with E-state index in [1.807, 2.05) is 6.92 Å². The van der Waals surface area contributed by atoms with E-state index in [4.69, 9.17) is 4.74 Å². The van der Waals surface area contributed by atoms with Gasteiger partial charge in [0.25, 0.3) is 0 Å². The zero-order valence-corrected chi connectivity index (χ0v) is 9.19. The molecule has 0 unspecified atom stereocenters. The van der Waals surface area contributed by atoms with Crippen molar-refractivity contribution in [3.05, 3.63) is 0 Å². The Hall–Kier alpha value is -0.820. The molecule has 0 atom stereocenters. The van der Waals surface area contributed by atoms with Gasteiger partial charge in [-0.25, -0.2) is 17.9 Å². The van der Waals surface area contributed by atoms with Crippen LogP contribution < -0.4 is 10.0 Å². The van der Waals surface area contributed by atoms with Crippen LogP contribution in [0.4, 0.5) is 4.79 Å². The molecule has 0 heterocycles. The van der Waals surface area contributed by atoms with Crippen molar-refractivity contribution >= 4 is 16.1 Å². The molecule has 0 saturated heterocycles. The molecule has 0 aliphatic rings. The fraction of sp³-hybridized carbons (Fsp3) is 0.857. The van der Waals surface area contributed by atoms with Gasteiger partial charge >= 0.3 is 6.03 Å². The standard InChI is InChI=1S/C7H16N2O4S/c1-3-13-6-4-5-8-7(10)9-14(2,11)12/h3-6H2,1-2H3,(H2,8,9,10). The predicted molar refractivity (Wildman–Crippen MR) is 52.5 cm³/mol. The predicted octanol–water partition coefficient (Wildman–Crippen LogP) is -0.328. The third-order valence-corrected chi connectivity index (χ3v) is 1.79. The monoisotopic (exact) mass is 224 g/mol. The Kier molecular flexibility index (Phi) is 6.22. The molecule has 0 radical (unpaired) electrons. The molecular formula is C7H16N2O4S.